The van der Waals surface area contributed by atoms with Crippen molar-refractivity contribution in [3.63, 3.8) is 0 Å². The van der Waals surface area contributed by atoms with Gasteiger partial charge in [-0.05, 0) is 25.8 Å². The molecular weight excluding hydrogens is 134 g/mol. The molecule has 0 heterocycles. The number of nitrogens with two attached hydrogens (primary N) is 1. The quantitative estimate of drug-likeness (QED) is 0.617. The van der Waals surface area contributed by atoms with E-state index in [-0.39, 0.29) is 0 Å². The van der Waals surface area contributed by atoms with Crippen LogP contribution in [0, 0.1) is 0 Å². The van der Waals surface area contributed by atoms with Gasteiger partial charge < -0.3 is 5.73 Å². The van der Waals surface area contributed by atoms with Crippen molar-refractivity contribution in [2.45, 2.75) is 40.0 Å². The second-order valence-corrected chi connectivity index (χ2v) is 2.69. The smallest absolute Gasteiger partial charge is 0.00830 e. The highest BCUT2D eigenvalue weighted by molar-refractivity contribution is 5.21. The van der Waals surface area contributed by atoms with Crippen LogP contribution < -0.4 is 5.73 Å². The van der Waals surface area contributed by atoms with E-state index in [4.69, 9.17) is 5.73 Å². The van der Waals surface area contributed by atoms with Crippen molar-refractivity contribution in [2.75, 3.05) is 0 Å². The van der Waals surface area contributed by atoms with Crippen LogP contribution in [0.25, 0.3) is 0 Å². The minimum atomic E-state index is 1.00. The average Bonchev–Trinajstić information content (AvgIpc) is 2.01. The molecule has 0 aliphatic carbocycles. The van der Waals surface area contributed by atoms with Crippen molar-refractivity contribution in [1.82, 2.24) is 0 Å². The summed E-state index contributed by atoms with van der Waals surface area (Å²) < 4.78 is 0. The summed E-state index contributed by atoms with van der Waals surface area (Å²) in [6.07, 6.45) is 7.41. The van der Waals surface area contributed by atoms with Gasteiger partial charge in [0.05, 0.1) is 0 Å². The molecule has 1 heteroatoms. The van der Waals surface area contributed by atoms with Crippen molar-refractivity contribution >= 4 is 0 Å². The molecule has 0 amide bonds. The predicted octanol–water partition coefficient (Wildman–Crippen LogP) is 2.99. The van der Waals surface area contributed by atoms with Gasteiger partial charge in [-0.15, -0.1) is 0 Å². The standard InChI is InChI=1S/C10H19N/c1-4-7-10(11)8-9(5-2)6-3/h5,8H,4,6-7,11H2,1-3H3/b9-5-,10-8-. The van der Waals surface area contributed by atoms with Gasteiger partial charge >= 0.3 is 0 Å². The maximum absolute atomic E-state index is 5.76. The van der Waals surface area contributed by atoms with E-state index >= 15 is 0 Å². The van der Waals surface area contributed by atoms with Gasteiger partial charge in [0.25, 0.3) is 0 Å². The van der Waals surface area contributed by atoms with E-state index in [1.165, 1.54) is 5.57 Å². The first-order valence-electron chi connectivity index (χ1n) is 4.35. The highest BCUT2D eigenvalue weighted by atomic mass is 14.6. The van der Waals surface area contributed by atoms with Crippen LogP contribution in [0.3, 0.4) is 0 Å². The summed E-state index contributed by atoms with van der Waals surface area (Å²) in [4.78, 5) is 0. The lowest BCUT2D eigenvalue weighted by molar-refractivity contribution is 0.888. The molecule has 0 rings (SSSR count). The highest BCUT2D eigenvalue weighted by Gasteiger charge is 1.90. The first kappa shape index (κ1) is 10.3. The van der Waals surface area contributed by atoms with Crippen molar-refractivity contribution in [1.29, 1.82) is 0 Å². The van der Waals surface area contributed by atoms with Gasteiger partial charge in [0.15, 0.2) is 0 Å². The van der Waals surface area contributed by atoms with E-state index in [0.717, 1.165) is 25.0 Å². The Morgan fingerprint density at radius 2 is 2.00 bits per heavy atom. The lowest BCUT2D eigenvalue weighted by Gasteiger charge is -1.99. The lowest BCUT2D eigenvalue weighted by Crippen LogP contribution is -1.96. The molecule has 0 saturated heterocycles. The largest absolute Gasteiger partial charge is 0.402 e. The Hall–Kier alpha value is -0.720. The van der Waals surface area contributed by atoms with E-state index in [0.29, 0.717) is 0 Å². The van der Waals surface area contributed by atoms with E-state index in [2.05, 4.69) is 32.9 Å². The lowest BCUT2D eigenvalue weighted by atomic mass is 10.1. The second-order valence-electron chi connectivity index (χ2n) is 2.69. The third kappa shape index (κ3) is 4.65. The molecule has 0 aromatic rings. The minimum Gasteiger partial charge on any atom is -0.402 e. The van der Waals surface area contributed by atoms with Crippen molar-refractivity contribution in [3.8, 4) is 0 Å². The van der Waals surface area contributed by atoms with E-state index in [1.54, 1.807) is 0 Å². The Morgan fingerprint density at radius 3 is 2.36 bits per heavy atom. The minimum absolute atomic E-state index is 1.00. The molecule has 0 saturated carbocycles. The zero-order valence-corrected chi connectivity index (χ0v) is 7.85. The normalized spacial score (nSPS) is 13.7. The predicted molar refractivity (Wildman–Crippen MR) is 51.2 cm³/mol. The summed E-state index contributed by atoms with van der Waals surface area (Å²) in [5.74, 6) is 0. The van der Waals surface area contributed by atoms with Crippen LogP contribution in [0.2, 0.25) is 0 Å². The fourth-order valence-corrected chi connectivity index (χ4v) is 0.988. The first-order valence-corrected chi connectivity index (χ1v) is 4.35. The van der Waals surface area contributed by atoms with Gasteiger partial charge in [0, 0.05) is 5.70 Å². The fraction of sp³-hybridized carbons (Fsp3) is 0.600. The number of rotatable bonds is 4. The van der Waals surface area contributed by atoms with Crippen LogP contribution in [0.1, 0.15) is 40.0 Å². The molecule has 1 nitrogen and oxygen atoms in total. The maximum atomic E-state index is 5.76. The zero-order valence-electron chi connectivity index (χ0n) is 7.85. The fourth-order valence-electron chi connectivity index (χ4n) is 0.988. The summed E-state index contributed by atoms with van der Waals surface area (Å²) >= 11 is 0. The highest BCUT2D eigenvalue weighted by Crippen LogP contribution is 2.06. The molecule has 0 spiro atoms. The van der Waals surface area contributed by atoms with E-state index in [9.17, 15) is 0 Å². The molecule has 0 aliphatic rings. The first-order chi connectivity index (χ1) is 5.24. The number of hydrogen-bond acceptors (Lipinski definition) is 1. The average molecular weight is 153 g/mol. The Kier molecular flexibility index (Phi) is 5.63. The molecule has 2 N–H and O–H groups in total. The molecule has 0 aliphatic heterocycles. The van der Waals surface area contributed by atoms with Gasteiger partial charge in [-0.25, -0.2) is 0 Å². The Morgan fingerprint density at radius 1 is 1.36 bits per heavy atom. The molecular formula is C10H19N. The summed E-state index contributed by atoms with van der Waals surface area (Å²) in [5, 5.41) is 0. The summed E-state index contributed by atoms with van der Waals surface area (Å²) in [6.45, 7) is 6.33. The van der Waals surface area contributed by atoms with Crippen molar-refractivity contribution in [2.24, 2.45) is 5.73 Å². The summed E-state index contributed by atoms with van der Waals surface area (Å²) in [7, 11) is 0. The SMILES string of the molecule is C/C=C(\C=C(/N)CCC)CC. The zero-order chi connectivity index (χ0) is 8.69. The van der Waals surface area contributed by atoms with Crippen LogP contribution in [0.5, 0.6) is 0 Å². The van der Waals surface area contributed by atoms with E-state index in [1.807, 2.05) is 0 Å². The Balaban J connectivity index is 4.04. The van der Waals surface area contributed by atoms with Gasteiger partial charge in [-0.2, -0.15) is 0 Å². The summed E-state index contributed by atoms with van der Waals surface area (Å²) in [5.41, 5.74) is 8.09. The van der Waals surface area contributed by atoms with Crippen LogP contribution in [0.4, 0.5) is 0 Å². The van der Waals surface area contributed by atoms with Gasteiger partial charge in [-0.1, -0.05) is 31.9 Å². The molecule has 0 unspecified atom stereocenters. The second kappa shape index (κ2) is 6.02. The maximum Gasteiger partial charge on any atom is 0.00830 e. The molecule has 64 valence electrons. The van der Waals surface area contributed by atoms with Crippen LogP contribution in [-0.2, 0) is 0 Å². The number of allylic oxidation sites excluding steroid dienone is 4. The van der Waals surface area contributed by atoms with Crippen LogP contribution in [-0.4, -0.2) is 0 Å². The Bertz CT molecular complexity index is 154. The molecule has 0 fully saturated rings. The van der Waals surface area contributed by atoms with Crippen LogP contribution in [0.15, 0.2) is 23.4 Å². The van der Waals surface area contributed by atoms with Crippen LogP contribution >= 0.6 is 0 Å². The summed E-state index contributed by atoms with van der Waals surface area (Å²) in [6, 6.07) is 0. The van der Waals surface area contributed by atoms with Gasteiger partial charge in [-0.3, -0.25) is 0 Å². The number of hydrogen-bond donors (Lipinski definition) is 1. The van der Waals surface area contributed by atoms with Gasteiger partial charge in [0.1, 0.15) is 0 Å². The molecule has 0 aromatic heterocycles. The van der Waals surface area contributed by atoms with E-state index < -0.39 is 0 Å². The molecule has 0 radical (unpaired) electrons. The van der Waals surface area contributed by atoms with Gasteiger partial charge in [0.2, 0.25) is 0 Å². The third-order valence-electron chi connectivity index (χ3n) is 1.69. The Labute approximate surface area is 70.0 Å². The molecule has 0 aromatic carbocycles. The molecule has 11 heavy (non-hydrogen) atoms. The molecule has 0 atom stereocenters. The van der Waals surface area contributed by atoms with Crippen molar-refractivity contribution in [3.05, 3.63) is 23.4 Å². The monoisotopic (exact) mass is 153 g/mol. The topological polar surface area (TPSA) is 26.0 Å². The third-order valence-corrected chi connectivity index (χ3v) is 1.69. The molecule has 0 bridgehead atoms. The van der Waals surface area contributed by atoms with Crippen molar-refractivity contribution < 1.29 is 0 Å².